The molecule has 0 aliphatic carbocycles. The summed E-state index contributed by atoms with van der Waals surface area (Å²) in [5.41, 5.74) is 6.38. The molecule has 128 valence electrons. The summed E-state index contributed by atoms with van der Waals surface area (Å²) in [5.74, 6) is 6.07. The third kappa shape index (κ3) is 4.57. The molecular formula is C19H25N3O2. The van der Waals surface area contributed by atoms with Gasteiger partial charge in [0.05, 0.1) is 5.54 Å². The average Bonchev–Trinajstić information content (AvgIpc) is 2.54. The van der Waals surface area contributed by atoms with Gasteiger partial charge in [0.25, 0.3) is 5.91 Å². The minimum Gasteiger partial charge on any atom is -0.483 e. The molecule has 0 bridgehead atoms. The lowest BCUT2D eigenvalue weighted by Crippen LogP contribution is -2.41. The van der Waals surface area contributed by atoms with Gasteiger partial charge in [-0.25, -0.2) is 0 Å². The first-order valence-corrected chi connectivity index (χ1v) is 7.90. The van der Waals surface area contributed by atoms with Crippen LogP contribution in [0, 0.1) is 13.8 Å². The molecule has 0 aromatic heterocycles. The fourth-order valence-electron chi connectivity index (χ4n) is 2.36. The first-order valence-electron chi connectivity index (χ1n) is 7.90. The molecular weight excluding hydrogens is 302 g/mol. The second kappa shape index (κ2) is 7.47. The SMILES string of the molecule is Cc1ccc(OCC(=O)Nc2ccc(C(C)(C)NN)cc2)c(C)c1. The Kier molecular flexibility index (Phi) is 5.59. The van der Waals surface area contributed by atoms with Crippen LogP contribution >= 0.6 is 0 Å². The molecule has 0 aliphatic heterocycles. The van der Waals surface area contributed by atoms with Gasteiger partial charge in [-0.05, 0) is 57.0 Å². The van der Waals surface area contributed by atoms with E-state index in [2.05, 4.69) is 10.7 Å². The van der Waals surface area contributed by atoms with Crippen LogP contribution < -0.4 is 21.3 Å². The maximum absolute atomic E-state index is 12.0. The highest BCUT2D eigenvalue weighted by molar-refractivity contribution is 5.91. The summed E-state index contributed by atoms with van der Waals surface area (Å²) in [6, 6.07) is 13.4. The summed E-state index contributed by atoms with van der Waals surface area (Å²) in [5, 5.41) is 2.82. The second-order valence-electron chi connectivity index (χ2n) is 6.45. The normalized spacial score (nSPS) is 11.2. The van der Waals surface area contributed by atoms with Crippen LogP contribution in [0.15, 0.2) is 42.5 Å². The zero-order chi connectivity index (χ0) is 17.7. The van der Waals surface area contributed by atoms with Gasteiger partial charge in [0.1, 0.15) is 5.75 Å². The molecule has 1 amide bonds. The highest BCUT2D eigenvalue weighted by Gasteiger charge is 2.17. The number of nitrogens with one attached hydrogen (secondary N) is 2. The molecule has 0 atom stereocenters. The van der Waals surface area contributed by atoms with Crippen LogP contribution in [-0.2, 0) is 10.3 Å². The molecule has 0 fully saturated rings. The summed E-state index contributed by atoms with van der Waals surface area (Å²) < 4.78 is 5.58. The average molecular weight is 327 g/mol. The predicted molar refractivity (Wildman–Crippen MR) is 96.8 cm³/mol. The second-order valence-corrected chi connectivity index (χ2v) is 6.45. The number of aryl methyl sites for hydroxylation is 2. The lowest BCUT2D eigenvalue weighted by Gasteiger charge is -2.24. The van der Waals surface area contributed by atoms with Crippen LogP contribution in [0.1, 0.15) is 30.5 Å². The maximum atomic E-state index is 12.0. The van der Waals surface area contributed by atoms with E-state index in [1.165, 1.54) is 5.56 Å². The van der Waals surface area contributed by atoms with E-state index in [1.54, 1.807) is 0 Å². The van der Waals surface area contributed by atoms with E-state index >= 15 is 0 Å². The molecule has 5 heteroatoms. The first-order chi connectivity index (χ1) is 11.3. The van der Waals surface area contributed by atoms with E-state index in [4.69, 9.17) is 10.6 Å². The molecule has 0 heterocycles. The summed E-state index contributed by atoms with van der Waals surface area (Å²) in [6.07, 6.45) is 0. The zero-order valence-electron chi connectivity index (χ0n) is 14.6. The quantitative estimate of drug-likeness (QED) is 0.563. The third-order valence-corrected chi connectivity index (χ3v) is 3.94. The van der Waals surface area contributed by atoms with Crippen LogP contribution in [-0.4, -0.2) is 12.5 Å². The molecule has 0 spiro atoms. The minimum absolute atomic E-state index is 0.0263. The van der Waals surface area contributed by atoms with Crippen molar-refractivity contribution < 1.29 is 9.53 Å². The number of rotatable bonds is 6. The monoisotopic (exact) mass is 327 g/mol. The van der Waals surface area contributed by atoms with Gasteiger partial charge in [0.15, 0.2) is 6.61 Å². The van der Waals surface area contributed by atoms with E-state index in [9.17, 15) is 4.79 Å². The topological polar surface area (TPSA) is 76.4 Å². The Morgan fingerprint density at radius 3 is 2.38 bits per heavy atom. The Labute approximate surface area is 143 Å². The fraction of sp³-hybridized carbons (Fsp3) is 0.316. The van der Waals surface area contributed by atoms with Gasteiger partial charge in [-0.2, -0.15) is 0 Å². The molecule has 0 radical (unpaired) electrons. The van der Waals surface area contributed by atoms with Crippen molar-refractivity contribution in [3.05, 3.63) is 59.2 Å². The fourth-order valence-corrected chi connectivity index (χ4v) is 2.36. The number of carbonyl (C=O) groups excluding carboxylic acids is 1. The first kappa shape index (κ1) is 18.0. The Morgan fingerprint density at radius 2 is 1.79 bits per heavy atom. The lowest BCUT2D eigenvalue weighted by molar-refractivity contribution is -0.118. The largest absolute Gasteiger partial charge is 0.483 e. The Hall–Kier alpha value is -2.37. The smallest absolute Gasteiger partial charge is 0.262 e. The molecule has 4 N–H and O–H groups in total. The number of hydrazine groups is 1. The number of hydrogen-bond acceptors (Lipinski definition) is 4. The van der Waals surface area contributed by atoms with Crippen molar-refractivity contribution in [3.8, 4) is 5.75 Å². The molecule has 24 heavy (non-hydrogen) atoms. The Bertz CT molecular complexity index is 709. The highest BCUT2D eigenvalue weighted by Crippen LogP contribution is 2.21. The van der Waals surface area contributed by atoms with E-state index in [0.717, 1.165) is 22.6 Å². The Morgan fingerprint density at radius 1 is 1.12 bits per heavy atom. The number of anilines is 1. The zero-order valence-corrected chi connectivity index (χ0v) is 14.6. The van der Waals surface area contributed by atoms with Crippen molar-refractivity contribution in [2.24, 2.45) is 5.84 Å². The highest BCUT2D eigenvalue weighted by atomic mass is 16.5. The van der Waals surface area contributed by atoms with E-state index in [1.807, 2.05) is 70.2 Å². The number of amides is 1. The van der Waals surface area contributed by atoms with Gasteiger partial charge < -0.3 is 10.1 Å². The molecule has 0 unspecified atom stereocenters. The summed E-state index contributed by atoms with van der Waals surface area (Å²) in [4.78, 5) is 12.0. The van der Waals surface area contributed by atoms with E-state index in [0.29, 0.717) is 0 Å². The van der Waals surface area contributed by atoms with Gasteiger partial charge in [-0.3, -0.25) is 16.1 Å². The summed E-state index contributed by atoms with van der Waals surface area (Å²) >= 11 is 0. The van der Waals surface area contributed by atoms with Crippen LogP contribution in [0.4, 0.5) is 5.69 Å². The summed E-state index contributed by atoms with van der Waals surface area (Å²) in [6.45, 7) is 7.93. The number of ether oxygens (including phenoxy) is 1. The van der Waals surface area contributed by atoms with Crippen molar-refractivity contribution in [1.29, 1.82) is 0 Å². The molecule has 5 nitrogen and oxygen atoms in total. The Balaban J connectivity index is 1.92. The van der Waals surface area contributed by atoms with Crippen LogP contribution in [0.3, 0.4) is 0 Å². The lowest BCUT2D eigenvalue weighted by atomic mass is 9.95. The van der Waals surface area contributed by atoms with Crippen molar-refractivity contribution in [2.45, 2.75) is 33.2 Å². The molecule has 0 saturated heterocycles. The van der Waals surface area contributed by atoms with Gasteiger partial charge in [0, 0.05) is 5.69 Å². The minimum atomic E-state index is -0.325. The van der Waals surface area contributed by atoms with Gasteiger partial charge in [-0.15, -0.1) is 0 Å². The molecule has 0 saturated carbocycles. The molecule has 2 rings (SSSR count). The number of benzene rings is 2. The number of hydrogen-bond donors (Lipinski definition) is 3. The van der Waals surface area contributed by atoms with Gasteiger partial charge in [-0.1, -0.05) is 29.8 Å². The number of carbonyl (C=O) groups is 1. The van der Waals surface area contributed by atoms with Crippen molar-refractivity contribution in [2.75, 3.05) is 11.9 Å². The predicted octanol–water partition coefficient (Wildman–Crippen LogP) is 3.02. The third-order valence-electron chi connectivity index (χ3n) is 3.94. The molecule has 0 aliphatic rings. The van der Waals surface area contributed by atoms with Gasteiger partial charge in [0.2, 0.25) is 0 Å². The maximum Gasteiger partial charge on any atom is 0.262 e. The number of nitrogens with two attached hydrogens (primary N) is 1. The molecule has 2 aromatic carbocycles. The van der Waals surface area contributed by atoms with Crippen molar-refractivity contribution in [3.63, 3.8) is 0 Å². The van der Waals surface area contributed by atoms with E-state index < -0.39 is 0 Å². The van der Waals surface area contributed by atoms with E-state index in [-0.39, 0.29) is 18.1 Å². The van der Waals surface area contributed by atoms with Crippen molar-refractivity contribution >= 4 is 11.6 Å². The van der Waals surface area contributed by atoms with Crippen LogP contribution in [0.2, 0.25) is 0 Å². The van der Waals surface area contributed by atoms with Crippen LogP contribution in [0.25, 0.3) is 0 Å². The van der Waals surface area contributed by atoms with Crippen LogP contribution in [0.5, 0.6) is 5.75 Å². The summed E-state index contributed by atoms with van der Waals surface area (Å²) in [7, 11) is 0. The van der Waals surface area contributed by atoms with Crippen molar-refractivity contribution in [1.82, 2.24) is 5.43 Å². The van der Waals surface area contributed by atoms with Gasteiger partial charge >= 0.3 is 0 Å². The molecule has 2 aromatic rings. The standard InChI is InChI=1S/C19H25N3O2/c1-13-5-10-17(14(2)11-13)24-12-18(23)21-16-8-6-15(7-9-16)19(3,4)22-20/h5-11,22H,12,20H2,1-4H3,(H,21,23).